The second-order valence-corrected chi connectivity index (χ2v) is 5.12. The zero-order chi connectivity index (χ0) is 17.7. The number of methoxy groups -OCH3 is 1. The minimum atomic E-state index is -0.745. The highest BCUT2D eigenvalue weighted by molar-refractivity contribution is 5.83. The van der Waals surface area contributed by atoms with E-state index in [1.807, 2.05) is 38.1 Å². The van der Waals surface area contributed by atoms with E-state index in [0.29, 0.717) is 12.1 Å². The van der Waals surface area contributed by atoms with Crippen LogP contribution in [0.25, 0.3) is 0 Å². The van der Waals surface area contributed by atoms with Gasteiger partial charge >= 0.3 is 0 Å². The number of nitro benzene ring substituents is 1. The molecule has 0 N–H and O–H groups in total. The topological polar surface area (TPSA) is 91.0 Å². The third-order valence-corrected chi connectivity index (χ3v) is 3.45. The molecule has 2 aromatic rings. The fourth-order valence-electron chi connectivity index (χ4n) is 2.15. The summed E-state index contributed by atoms with van der Waals surface area (Å²) in [7, 11) is 1.30. The molecule has 0 spiro atoms. The lowest BCUT2D eigenvalue weighted by atomic mass is 10.2. The average molecular weight is 328 g/mol. The van der Waals surface area contributed by atoms with Crippen LogP contribution in [0.3, 0.4) is 0 Å². The number of hydrogen-bond donors (Lipinski definition) is 0. The van der Waals surface area contributed by atoms with E-state index in [1.54, 1.807) is 5.01 Å². The van der Waals surface area contributed by atoms with E-state index in [9.17, 15) is 15.2 Å². The molecule has 0 fully saturated rings. The number of nitrogens with zero attached hydrogens (tertiary/aromatic N) is 3. The molecule has 7 heteroatoms. The Balaban J connectivity index is 2.34. The molecule has 0 aromatic heterocycles. The number of hydrogen-bond acceptors (Lipinski definition) is 6. The van der Waals surface area contributed by atoms with Gasteiger partial charge in [0.25, 0.3) is 5.69 Å². The van der Waals surface area contributed by atoms with Crippen LogP contribution in [0.2, 0.25) is 0 Å². The Kier molecular flexibility index (Phi) is 5.36. The van der Waals surface area contributed by atoms with Crippen molar-refractivity contribution in [1.82, 2.24) is 0 Å². The third kappa shape index (κ3) is 3.81. The van der Waals surface area contributed by atoms with Crippen LogP contribution in [0.1, 0.15) is 18.1 Å². The Morgan fingerprint density at radius 2 is 1.96 bits per heavy atom. The normalized spacial score (nSPS) is 10.8. The lowest BCUT2D eigenvalue weighted by Crippen LogP contribution is -2.15. The molecule has 0 saturated heterocycles. The van der Waals surface area contributed by atoms with E-state index in [4.69, 9.17) is 4.74 Å². The zero-order valence-corrected chi connectivity index (χ0v) is 13.7. The number of rotatable bonds is 6. The fourth-order valence-corrected chi connectivity index (χ4v) is 2.15. The van der Waals surface area contributed by atoms with Crippen LogP contribution in [-0.4, -0.2) is 24.8 Å². The molecule has 0 aliphatic rings. The average Bonchev–Trinajstić information content (AvgIpc) is 2.57. The molecule has 0 saturated carbocycles. The number of benzene rings is 2. The van der Waals surface area contributed by atoms with Crippen LogP contribution in [0.4, 0.5) is 11.4 Å². The van der Waals surface area contributed by atoms with E-state index in [1.165, 1.54) is 25.5 Å². The molecule has 126 valence electrons. The summed E-state index contributed by atoms with van der Waals surface area (Å²) in [6.45, 7) is 4.57. The highest BCUT2D eigenvalue weighted by Crippen LogP contribution is 2.34. The Labute approximate surface area is 139 Å². The Hall–Kier alpha value is -3.09. The van der Waals surface area contributed by atoms with Crippen LogP contribution in [-0.2, 0) is 0 Å². The lowest BCUT2D eigenvalue weighted by molar-refractivity contribution is -0.398. The summed E-state index contributed by atoms with van der Waals surface area (Å²) in [4.78, 5) is 10.3. The van der Waals surface area contributed by atoms with Crippen molar-refractivity contribution in [1.29, 1.82) is 0 Å². The number of anilines is 1. The number of nitro groups is 1. The van der Waals surface area contributed by atoms with Crippen molar-refractivity contribution in [2.75, 3.05) is 18.7 Å². The second kappa shape index (κ2) is 7.45. The Bertz CT molecular complexity index is 757. The quantitative estimate of drug-likeness (QED) is 0.462. The van der Waals surface area contributed by atoms with Crippen LogP contribution in [0.5, 0.6) is 11.5 Å². The van der Waals surface area contributed by atoms with E-state index < -0.39 is 16.4 Å². The first-order valence-electron chi connectivity index (χ1n) is 7.38. The van der Waals surface area contributed by atoms with Crippen molar-refractivity contribution >= 4 is 17.6 Å². The summed E-state index contributed by atoms with van der Waals surface area (Å²) >= 11 is 0. The molecular weight excluding hydrogens is 310 g/mol. The zero-order valence-electron chi connectivity index (χ0n) is 13.7. The van der Waals surface area contributed by atoms with Gasteiger partial charge in [0.2, 0.25) is 0 Å². The van der Waals surface area contributed by atoms with Gasteiger partial charge < -0.3 is 9.84 Å². The first kappa shape index (κ1) is 17.3. The standard InChI is InChI=1S/C17H19N3O4/c1-4-19(14-7-5-12(2)6-8-14)18-11-13-9-15(20(22)23)17(21)16(10-13)24-3/h5-11,21H,4H2,1-3H3/p-1/b18-11-. The van der Waals surface area contributed by atoms with Crippen LogP contribution < -0.4 is 14.9 Å². The summed E-state index contributed by atoms with van der Waals surface area (Å²) in [5.74, 6) is -0.824. The highest BCUT2D eigenvalue weighted by Gasteiger charge is 2.13. The molecule has 0 heterocycles. The lowest BCUT2D eigenvalue weighted by Gasteiger charge is -2.17. The first-order valence-corrected chi connectivity index (χ1v) is 7.38. The molecule has 0 aliphatic carbocycles. The molecule has 2 aromatic carbocycles. The van der Waals surface area contributed by atoms with Gasteiger partial charge in [-0.1, -0.05) is 17.7 Å². The Morgan fingerprint density at radius 3 is 2.50 bits per heavy atom. The van der Waals surface area contributed by atoms with Gasteiger partial charge in [-0.3, -0.25) is 15.1 Å². The molecule has 24 heavy (non-hydrogen) atoms. The van der Waals surface area contributed by atoms with Crippen molar-refractivity contribution in [2.24, 2.45) is 5.10 Å². The summed E-state index contributed by atoms with van der Waals surface area (Å²) in [5, 5.41) is 28.9. The maximum Gasteiger partial charge on any atom is 0.266 e. The van der Waals surface area contributed by atoms with Gasteiger partial charge in [-0.25, -0.2) is 0 Å². The van der Waals surface area contributed by atoms with Gasteiger partial charge in [0.05, 0.1) is 23.9 Å². The van der Waals surface area contributed by atoms with Crippen LogP contribution >= 0.6 is 0 Å². The van der Waals surface area contributed by atoms with Gasteiger partial charge in [0.15, 0.2) is 0 Å². The summed E-state index contributed by atoms with van der Waals surface area (Å²) < 4.78 is 4.92. The summed E-state index contributed by atoms with van der Waals surface area (Å²) in [5.41, 5.74) is 1.93. The molecule has 0 bridgehead atoms. The van der Waals surface area contributed by atoms with Crippen LogP contribution in [0, 0.1) is 17.0 Å². The number of aryl methyl sites for hydroxylation is 1. The van der Waals surface area contributed by atoms with Crippen molar-refractivity contribution in [3.05, 3.63) is 57.6 Å². The number of hydrazone groups is 1. The fraction of sp³-hybridized carbons (Fsp3) is 0.235. The molecule has 0 radical (unpaired) electrons. The van der Waals surface area contributed by atoms with Crippen molar-refractivity contribution < 1.29 is 14.8 Å². The van der Waals surface area contributed by atoms with E-state index >= 15 is 0 Å². The van der Waals surface area contributed by atoms with E-state index in [0.717, 1.165) is 11.3 Å². The molecule has 2 rings (SSSR count). The SMILES string of the molecule is CCN(/N=C\c1cc(OC)c([O-])c([N+](=O)[O-])c1)c1ccc(C)cc1. The molecule has 0 amide bonds. The molecule has 0 unspecified atom stereocenters. The predicted molar refractivity (Wildman–Crippen MR) is 90.9 cm³/mol. The first-order chi connectivity index (χ1) is 11.5. The second-order valence-electron chi connectivity index (χ2n) is 5.12. The third-order valence-electron chi connectivity index (χ3n) is 3.45. The number of ether oxygens (including phenoxy) is 1. The Morgan fingerprint density at radius 1 is 1.29 bits per heavy atom. The molecule has 0 aliphatic heterocycles. The summed E-state index contributed by atoms with van der Waals surface area (Å²) in [6.07, 6.45) is 1.47. The maximum absolute atomic E-state index is 11.8. The monoisotopic (exact) mass is 328 g/mol. The van der Waals surface area contributed by atoms with Gasteiger partial charge in [-0.15, -0.1) is 0 Å². The predicted octanol–water partition coefficient (Wildman–Crippen LogP) is 2.85. The van der Waals surface area contributed by atoms with Crippen molar-refractivity contribution in [3.8, 4) is 11.5 Å². The smallest absolute Gasteiger partial charge is 0.266 e. The van der Waals surface area contributed by atoms with Gasteiger partial charge in [-0.05, 0) is 32.0 Å². The minimum absolute atomic E-state index is 0.0796. The molecule has 7 nitrogen and oxygen atoms in total. The van der Waals surface area contributed by atoms with Gasteiger partial charge in [0, 0.05) is 23.9 Å². The van der Waals surface area contributed by atoms with Crippen molar-refractivity contribution in [2.45, 2.75) is 13.8 Å². The van der Waals surface area contributed by atoms with Gasteiger partial charge in [-0.2, -0.15) is 5.10 Å². The maximum atomic E-state index is 11.8. The van der Waals surface area contributed by atoms with Gasteiger partial charge in [0.1, 0.15) is 5.75 Å². The largest absolute Gasteiger partial charge is 0.865 e. The molecule has 0 atom stereocenters. The van der Waals surface area contributed by atoms with E-state index in [2.05, 4.69) is 5.10 Å². The highest BCUT2D eigenvalue weighted by atomic mass is 16.6. The van der Waals surface area contributed by atoms with E-state index in [-0.39, 0.29) is 5.75 Å². The van der Waals surface area contributed by atoms with Crippen molar-refractivity contribution in [3.63, 3.8) is 0 Å². The summed E-state index contributed by atoms with van der Waals surface area (Å²) in [6, 6.07) is 10.5. The minimum Gasteiger partial charge on any atom is -0.865 e. The molecular formula is C17H18N3O4-. The van der Waals surface area contributed by atoms with Crippen LogP contribution in [0.15, 0.2) is 41.5 Å².